The van der Waals surface area contributed by atoms with Crippen molar-refractivity contribution in [2.24, 2.45) is 5.41 Å². The van der Waals surface area contributed by atoms with Crippen LogP contribution in [0.5, 0.6) is 0 Å². The van der Waals surface area contributed by atoms with Gasteiger partial charge in [-0.1, -0.05) is 24.3 Å². The summed E-state index contributed by atoms with van der Waals surface area (Å²) in [5.74, 6) is -0.344. The topological polar surface area (TPSA) is 90.0 Å². The number of aliphatic hydroxyl groups excluding tert-OH is 1. The fourth-order valence-corrected chi connectivity index (χ4v) is 6.98. The zero-order valence-electron chi connectivity index (χ0n) is 20.4. The van der Waals surface area contributed by atoms with E-state index < -0.39 is 40.1 Å². The van der Waals surface area contributed by atoms with Gasteiger partial charge in [0.05, 0.1) is 22.5 Å². The van der Waals surface area contributed by atoms with Crippen molar-refractivity contribution in [3.05, 3.63) is 65.2 Å². The minimum atomic E-state index is -4.43. The second-order valence-corrected chi connectivity index (χ2v) is 12.4. The van der Waals surface area contributed by atoms with Crippen LogP contribution in [0.3, 0.4) is 0 Å². The van der Waals surface area contributed by atoms with Gasteiger partial charge in [0.1, 0.15) is 6.23 Å². The Kier molecular flexibility index (Phi) is 6.62. The number of rotatable bonds is 7. The molecule has 1 amide bonds. The average molecular weight is 538 g/mol. The first-order valence-electron chi connectivity index (χ1n) is 12.4. The number of hydrogen-bond acceptors (Lipinski definition) is 5. The van der Waals surface area contributed by atoms with Crippen LogP contribution in [0.15, 0.2) is 53.4 Å². The van der Waals surface area contributed by atoms with E-state index in [2.05, 4.69) is 5.32 Å². The Morgan fingerprint density at radius 1 is 1.11 bits per heavy atom. The molecule has 0 radical (unpaired) electrons. The van der Waals surface area contributed by atoms with Crippen LogP contribution in [-0.2, 0) is 21.0 Å². The molecule has 3 aliphatic rings. The van der Waals surface area contributed by atoms with E-state index in [9.17, 15) is 31.5 Å². The highest BCUT2D eigenvalue weighted by Crippen LogP contribution is 2.54. The van der Waals surface area contributed by atoms with Crippen molar-refractivity contribution >= 4 is 15.9 Å². The highest BCUT2D eigenvalue weighted by Gasteiger charge is 2.56. The molecule has 2 aromatic carbocycles. The van der Waals surface area contributed by atoms with Crippen LogP contribution in [0.1, 0.15) is 61.6 Å². The number of carbonyl (C=O) groups excluding carboxylic acids is 1. The quantitative estimate of drug-likeness (QED) is 0.561. The Balaban J connectivity index is 1.26. The number of halogens is 3. The zero-order chi connectivity index (χ0) is 26.6. The summed E-state index contributed by atoms with van der Waals surface area (Å²) in [5.41, 5.74) is 0.337. The molecule has 5 rings (SSSR count). The van der Waals surface area contributed by atoms with E-state index in [0.29, 0.717) is 43.6 Å². The summed E-state index contributed by atoms with van der Waals surface area (Å²) in [6.45, 7) is 3.20. The summed E-state index contributed by atoms with van der Waals surface area (Å²) in [6, 6.07) is 9.67. The number of hydrogen-bond donors (Lipinski definition) is 2. The highest BCUT2D eigenvalue weighted by atomic mass is 32.2. The minimum absolute atomic E-state index is 0.121. The van der Waals surface area contributed by atoms with E-state index in [-0.39, 0.29) is 16.2 Å². The number of benzene rings is 2. The molecular formula is C26H30F3N3O4S. The summed E-state index contributed by atoms with van der Waals surface area (Å²) in [4.78, 5) is 14.8. The molecule has 2 saturated heterocycles. The number of likely N-dealkylation sites (tertiary alicyclic amines) is 1. The molecule has 200 valence electrons. The van der Waals surface area contributed by atoms with Crippen LogP contribution in [0, 0.1) is 5.41 Å². The van der Waals surface area contributed by atoms with E-state index in [0.717, 1.165) is 25.0 Å². The molecule has 0 bridgehead atoms. The molecule has 1 saturated carbocycles. The molecule has 2 aromatic rings. The fraction of sp³-hybridized carbons (Fsp3) is 0.500. The normalized spacial score (nSPS) is 23.4. The summed E-state index contributed by atoms with van der Waals surface area (Å²) in [7, 11) is -3.65. The Hall–Kier alpha value is -2.47. The van der Waals surface area contributed by atoms with Crippen LogP contribution < -0.4 is 5.32 Å². The molecule has 37 heavy (non-hydrogen) atoms. The lowest BCUT2D eigenvalue weighted by Gasteiger charge is -2.38. The monoisotopic (exact) mass is 537 g/mol. The smallest absolute Gasteiger partial charge is 0.374 e. The number of aliphatic hydroxyl groups is 1. The molecule has 1 unspecified atom stereocenters. The lowest BCUT2D eigenvalue weighted by atomic mass is 10.0. The van der Waals surface area contributed by atoms with Crippen LogP contribution in [0.2, 0.25) is 0 Å². The van der Waals surface area contributed by atoms with Gasteiger partial charge in [-0.05, 0) is 73.4 Å². The first kappa shape index (κ1) is 26.1. The first-order valence-corrected chi connectivity index (χ1v) is 13.9. The van der Waals surface area contributed by atoms with Crippen LogP contribution in [0.25, 0.3) is 0 Å². The van der Waals surface area contributed by atoms with E-state index in [1.165, 1.54) is 28.6 Å². The standard InChI is InChI=1S/C26H30F3N3O4S/c1-17(18-7-9-20(10-8-18)26(27,28)29)30-23(33)22-6-3-13-32(22)24(34)19-4-2-5-21(14-19)37(35,36)31-15-25(16-31)11-12-25/h2,4-5,7-10,14,17,22,24,34H,3,6,11-13,15-16H2,1H3,(H,30,33)/t17-,22-,24?/m1/s1. The Morgan fingerprint density at radius 2 is 1.78 bits per heavy atom. The van der Waals surface area contributed by atoms with Gasteiger partial charge in [-0.15, -0.1) is 0 Å². The van der Waals surface area contributed by atoms with Crippen LogP contribution in [0.4, 0.5) is 13.2 Å². The predicted octanol–water partition coefficient (Wildman–Crippen LogP) is 3.82. The third-order valence-electron chi connectivity index (χ3n) is 7.78. The zero-order valence-corrected chi connectivity index (χ0v) is 21.2. The van der Waals surface area contributed by atoms with E-state index in [4.69, 9.17) is 0 Å². The van der Waals surface area contributed by atoms with Crippen molar-refractivity contribution in [2.45, 2.75) is 62.0 Å². The van der Waals surface area contributed by atoms with Gasteiger partial charge in [-0.3, -0.25) is 9.69 Å². The maximum Gasteiger partial charge on any atom is 0.416 e. The molecule has 2 aliphatic heterocycles. The lowest BCUT2D eigenvalue weighted by molar-refractivity contribution is -0.137. The SMILES string of the molecule is C[C@@H](NC(=O)[C@H]1CCCN1C(O)c1cccc(S(=O)(=O)N2CC3(CC3)C2)c1)c1ccc(C(F)(F)F)cc1. The average Bonchev–Trinajstić information content (AvgIpc) is 3.51. The summed E-state index contributed by atoms with van der Waals surface area (Å²) in [5, 5.41) is 14.0. The van der Waals surface area contributed by atoms with Gasteiger partial charge in [-0.2, -0.15) is 17.5 Å². The van der Waals surface area contributed by atoms with Crippen molar-refractivity contribution in [1.29, 1.82) is 0 Å². The maximum atomic E-state index is 13.1. The van der Waals surface area contributed by atoms with Gasteiger partial charge in [0.2, 0.25) is 15.9 Å². The molecule has 7 nitrogen and oxygen atoms in total. The second-order valence-electron chi connectivity index (χ2n) is 10.5. The summed E-state index contributed by atoms with van der Waals surface area (Å²) >= 11 is 0. The molecule has 1 spiro atoms. The maximum absolute atomic E-state index is 13.1. The molecule has 0 aromatic heterocycles. The molecule has 2 N–H and O–H groups in total. The predicted molar refractivity (Wildman–Crippen MR) is 130 cm³/mol. The molecule has 1 aliphatic carbocycles. The van der Waals surface area contributed by atoms with Gasteiger partial charge in [0.25, 0.3) is 0 Å². The highest BCUT2D eigenvalue weighted by molar-refractivity contribution is 7.89. The minimum Gasteiger partial charge on any atom is -0.374 e. The fourth-order valence-electron chi connectivity index (χ4n) is 5.26. The third kappa shape index (κ3) is 5.14. The molecule has 3 fully saturated rings. The van der Waals surface area contributed by atoms with E-state index in [1.807, 2.05) is 0 Å². The van der Waals surface area contributed by atoms with Gasteiger partial charge < -0.3 is 10.4 Å². The number of amides is 1. The molecular weight excluding hydrogens is 507 g/mol. The van der Waals surface area contributed by atoms with Crippen molar-refractivity contribution in [3.63, 3.8) is 0 Å². The molecule has 3 atom stereocenters. The molecule has 2 heterocycles. The van der Waals surface area contributed by atoms with E-state index in [1.54, 1.807) is 24.0 Å². The summed E-state index contributed by atoms with van der Waals surface area (Å²) in [6.07, 6.45) is -2.33. The van der Waals surface area contributed by atoms with E-state index >= 15 is 0 Å². The van der Waals surface area contributed by atoms with Gasteiger partial charge in [0.15, 0.2) is 0 Å². The second kappa shape index (κ2) is 9.37. The van der Waals surface area contributed by atoms with Gasteiger partial charge in [0, 0.05) is 19.6 Å². The Bertz CT molecular complexity index is 1270. The number of sulfonamides is 1. The lowest BCUT2D eigenvalue weighted by Crippen LogP contribution is -2.51. The number of carbonyl (C=O) groups is 1. The van der Waals surface area contributed by atoms with Crippen LogP contribution in [-0.4, -0.2) is 54.3 Å². The van der Waals surface area contributed by atoms with Crippen molar-refractivity contribution in [3.8, 4) is 0 Å². The first-order chi connectivity index (χ1) is 17.4. The third-order valence-corrected chi connectivity index (χ3v) is 9.57. The van der Waals surface area contributed by atoms with Crippen LogP contribution >= 0.6 is 0 Å². The number of alkyl halides is 3. The van der Waals surface area contributed by atoms with Crippen molar-refractivity contribution < 1.29 is 31.5 Å². The Morgan fingerprint density at radius 3 is 2.41 bits per heavy atom. The number of nitrogens with one attached hydrogen (secondary N) is 1. The Labute approximate surface area is 214 Å². The molecule has 11 heteroatoms. The van der Waals surface area contributed by atoms with Crippen molar-refractivity contribution in [1.82, 2.24) is 14.5 Å². The van der Waals surface area contributed by atoms with Gasteiger partial charge >= 0.3 is 6.18 Å². The van der Waals surface area contributed by atoms with Gasteiger partial charge in [-0.25, -0.2) is 8.42 Å². The van der Waals surface area contributed by atoms with Crippen molar-refractivity contribution in [2.75, 3.05) is 19.6 Å². The largest absolute Gasteiger partial charge is 0.416 e. The summed E-state index contributed by atoms with van der Waals surface area (Å²) < 4.78 is 66.1. The number of nitrogens with zero attached hydrogens (tertiary/aromatic N) is 2.